The van der Waals surface area contributed by atoms with Crippen molar-refractivity contribution in [2.24, 2.45) is 17.3 Å². The van der Waals surface area contributed by atoms with Gasteiger partial charge in [0, 0.05) is 5.56 Å². The third-order valence-electron chi connectivity index (χ3n) is 8.96. The van der Waals surface area contributed by atoms with Gasteiger partial charge in [0.25, 0.3) is 0 Å². The molecule has 0 aliphatic heterocycles. The smallest absolute Gasteiger partial charge is 0.203 e. The van der Waals surface area contributed by atoms with E-state index in [0.717, 1.165) is 44.1 Å². The molecule has 0 aromatic heterocycles. The van der Waals surface area contributed by atoms with Gasteiger partial charge in [-0.25, -0.2) is 0 Å². The van der Waals surface area contributed by atoms with Gasteiger partial charge >= 0.3 is 0 Å². The van der Waals surface area contributed by atoms with Crippen LogP contribution in [0.1, 0.15) is 72.0 Å². The predicted molar refractivity (Wildman–Crippen MR) is 128 cm³/mol. The van der Waals surface area contributed by atoms with E-state index >= 15 is 0 Å². The van der Waals surface area contributed by atoms with E-state index in [1.165, 1.54) is 26.9 Å². The fraction of sp³-hybridized carbons (Fsp3) is 0.536. The van der Waals surface area contributed by atoms with Gasteiger partial charge in [-0.3, -0.25) is 4.79 Å². The Hall–Kier alpha value is -2.73. The van der Waals surface area contributed by atoms with Crippen LogP contribution in [-0.4, -0.2) is 43.4 Å². The van der Waals surface area contributed by atoms with Crippen LogP contribution in [0, 0.1) is 17.3 Å². The summed E-state index contributed by atoms with van der Waals surface area (Å²) >= 11 is 0. The van der Waals surface area contributed by atoms with Gasteiger partial charge in [0.2, 0.25) is 5.75 Å². The first-order chi connectivity index (χ1) is 16.3. The van der Waals surface area contributed by atoms with Crippen molar-refractivity contribution >= 4 is 5.78 Å². The maximum absolute atomic E-state index is 13.6. The Morgan fingerprint density at radius 1 is 0.971 bits per heavy atom. The van der Waals surface area contributed by atoms with Crippen molar-refractivity contribution < 1.29 is 29.2 Å². The third-order valence-corrected chi connectivity index (χ3v) is 8.96. The summed E-state index contributed by atoms with van der Waals surface area (Å²) in [5.41, 5.74) is 3.00. The molecule has 5 atom stereocenters. The molecule has 2 N–H and O–H groups in total. The molecule has 2 saturated carbocycles. The quantitative estimate of drug-likeness (QED) is 0.612. The van der Waals surface area contributed by atoms with Gasteiger partial charge in [0.1, 0.15) is 5.75 Å². The lowest BCUT2D eigenvalue weighted by molar-refractivity contribution is -0.0226. The Kier molecular flexibility index (Phi) is 5.75. The number of methoxy groups -OCH3 is 3. The Morgan fingerprint density at radius 3 is 2.32 bits per heavy atom. The van der Waals surface area contributed by atoms with E-state index in [0.29, 0.717) is 46.1 Å². The summed E-state index contributed by atoms with van der Waals surface area (Å²) in [5, 5.41) is 21.5. The Labute approximate surface area is 200 Å². The first kappa shape index (κ1) is 23.0. The fourth-order valence-corrected chi connectivity index (χ4v) is 7.13. The number of ether oxygens (including phenoxy) is 3. The molecule has 6 heteroatoms. The molecule has 0 unspecified atom stereocenters. The lowest BCUT2D eigenvalue weighted by Gasteiger charge is -2.50. The van der Waals surface area contributed by atoms with E-state index in [-0.39, 0.29) is 23.1 Å². The van der Waals surface area contributed by atoms with Crippen LogP contribution in [0.3, 0.4) is 0 Å². The van der Waals surface area contributed by atoms with Gasteiger partial charge < -0.3 is 24.4 Å². The number of aromatic hydroxyl groups is 1. The number of carbonyl (C=O) groups excluding carboxylic acids is 1. The largest absolute Gasteiger partial charge is 0.507 e. The van der Waals surface area contributed by atoms with E-state index in [1.54, 1.807) is 18.2 Å². The number of hydrogen-bond acceptors (Lipinski definition) is 6. The normalized spacial score (nSPS) is 29.6. The van der Waals surface area contributed by atoms with Gasteiger partial charge in [-0.05, 0) is 97.1 Å². The van der Waals surface area contributed by atoms with E-state index in [4.69, 9.17) is 14.2 Å². The molecule has 2 fully saturated rings. The van der Waals surface area contributed by atoms with Crippen molar-refractivity contribution in [3.8, 4) is 23.0 Å². The Morgan fingerprint density at radius 2 is 1.68 bits per heavy atom. The standard InChI is InChI=1S/C28H34O6/c1-28-10-9-17-18(21(28)7-8-25(28)30)6-5-15-11-22(29)20(14-19(15)17)26(31)16-12-23(32-2)27(34-4)24(13-16)33-3/h11-14,17-18,21,25,29-30H,5-10H2,1-4H3/t17-,18+,21-,25-,28-/m0/s1. The summed E-state index contributed by atoms with van der Waals surface area (Å²) in [5.74, 6) is 2.33. The van der Waals surface area contributed by atoms with Crippen molar-refractivity contribution in [3.05, 3.63) is 46.5 Å². The maximum atomic E-state index is 13.6. The molecule has 0 heterocycles. The first-order valence-corrected chi connectivity index (χ1v) is 12.2. The molecular formula is C28H34O6. The number of aryl methyl sites for hydroxylation is 1. The molecule has 0 radical (unpaired) electrons. The molecule has 0 saturated heterocycles. The van der Waals surface area contributed by atoms with Crippen molar-refractivity contribution in [2.75, 3.05) is 21.3 Å². The summed E-state index contributed by atoms with van der Waals surface area (Å²) in [6.45, 7) is 2.26. The number of phenolic OH excluding ortho intramolecular Hbond substituents is 1. The van der Waals surface area contributed by atoms with E-state index in [2.05, 4.69) is 6.92 Å². The van der Waals surface area contributed by atoms with Gasteiger partial charge in [0.15, 0.2) is 17.3 Å². The lowest BCUT2D eigenvalue weighted by atomic mass is 9.55. The van der Waals surface area contributed by atoms with Crippen LogP contribution in [0.15, 0.2) is 24.3 Å². The Bertz CT molecular complexity index is 1100. The van der Waals surface area contributed by atoms with Crippen molar-refractivity contribution in [1.82, 2.24) is 0 Å². The second kappa shape index (κ2) is 8.49. The molecule has 3 aliphatic rings. The highest BCUT2D eigenvalue weighted by molar-refractivity contribution is 6.11. The van der Waals surface area contributed by atoms with Gasteiger partial charge in [-0.15, -0.1) is 0 Å². The van der Waals surface area contributed by atoms with Crippen LogP contribution in [-0.2, 0) is 6.42 Å². The molecule has 0 bridgehead atoms. The molecule has 34 heavy (non-hydrogen) atoms. The number of phenols is 1. The van der Waals surface area contributed by atoms with Crippen LogP contribution in [0.4, 0.5) is 0 Å². The predicted octanol–water partition coefficient (Wildman–Crippen LogP) is 4.87. The molecule has 6 nitrogen and oxygen atoms in total. The second-order valence-electron chi connectivity index (χ2n) is 10.4. The number of carbonyl (C=O) groups is 1. The zero-order valence-corrected chi connectivity index (χ0v) is 20.4. The summed E-state index contributed by atoms with van der Waals surface area (Å²) in [7, 11) is 4.55. The Balaban J connectivity index is 1.53. The molecule has 2 aromatic rings. The summed E-state index contributed by atoms with van der Waals surface area (Å²) in [4.78, 5) is 13.6. The molecule has 5 rings (SSSR count). The van der Waals surface area contributed by atoms with Crippen molar-refractivity contribution in [1.29, 1.82) is 0 Å². The number of ketones is 1. The highest BCUT2D eigenvalue weighted by Crippen LogP contribution is 2.61. The lowest BCUT2D eigenvalue weighted by Crippen LogP contribution is -2.44. The molecule has 0 amide bonds. The maximum Gasteiger partial charge on any atom is 0.203 e. The minimum Gasteiger partial charge on any atom is -0.507 e. The number of fused-ring (bicyclic) bond motifs is 5. The first-order valence-electron chi connectivity index (χ1n) is 12.2. The summed E-state index contributed by atoms with van der Waals surface area (Å²) < 4.78 is 16.2. The average Bonchev–Trinajstić information content (AvgIpc) is 3.16. The van der Waals surface area contributed by atoms with Crippen LogP contribution in [0.5, 0.6) is 23.0 Å². The van der Waals surface area contributed by atoms with Crippen LogP contribution >= 0.6 is 0 Å². The minimum atomic E-state index is -0.279. The monoisotopic (exact) mass is 466 g/mol. The summed E-state index contributed by atoms with van der Waals surface area (Å²) in [6.07, 6.45) is 5.72. The molecule has 3 aliphatic carbocycles. The van der Waals surface area contributed by atoms with E-state index < -0.39 is 0 Å². The van der Waals surface area contributed by atoms with E-state index in [9.17, 15) is 15.0 Å². The molecule has 0 spiro atoms. The zero-order valence-electron chi connectivity index (χ0n) is 20.4. The molecular weight excluding hydrogens is 432 g/mol. The molecule has 182 valence electrons. The highest BCUT2D eigenvalue weighted by atomic mass is 16.5. The topological polar surface area (TPSA) is 85.2 Å². The number of aliphatic hydroxyl groups excluding tert-OH is 1. The number of hydrogen-bond donors (Lipinski definition) is 2. The van der Waals surface area contributed by atoms with Crippen LogP contribution < -0.4 is 14.2 Å². The summed E-state index contributed by atoms with van der Waals surface area (Å²) in [6, 6.07) is 6.95. The zero-order chi connectivity index (χ0) is 24.2. The van der Waals surface area contributed by atoms with Crippen LogP contribution in [0.25, 0.3) is 0 Å². The third kappa shape index (κ3) is 3.37. The number of rotatable bonds is 5. The van der Waals surface area contributed by atoms with Crippen molar-refractivity contribution in [3.63, 3.8) is 0 Å². The highest BCUT2D eigenvalue weighted by Gasteiger charge is 2.54. The average molecular weight is 467 g/mol. The van der Waals surface area contributed by atoms with Crippen LogP contribution in [0.2, 0.25) is 0 Å². The fourth-order valence-electron chi connectivity index (χ4n) is 7.13. The minimum absolute atomic E-state index is 0.00441. The molecule has 2 aromatic carbocycles. The van der Waals surface area contributed by atoms with E-state index in [1.807, 2.05) is 6.07 Å². The SMILES string of the molecule is COc1cc(C(=O)c2cc3c(cc2O)CC[C@@H]2[C@@H]3CC[C@]3(C)[C@@H](O)CC[C@@H]23)cc(OC)c1OC. The van der Waals surface area contributed by atoms with Gasteiger partial charge in [-0.1, -0.05) is 6.92 Å². The van der Waals surface area contributed by atoms with Gasteiger partial charge in [-0.2, -0.15) is 0 Å². The number of aliphatic hydroxyl groups is 1. The van der Waals surface area contributed by atoms with Gasteiger partial charge in [0.05, 0.1) is 33.0 Å². The number of benzene rings is 2. The second-order valence-corrected chi connectivity index (χ2v) is 10.4. The van der Waals surface area contributed by atoms with Crippen molar-refractivity contribution in [2.45, 2.75) is 57.5 Å².